The van der Waals surface area contributed by atoms with Crippen LogP contribution in [0.25, 0.3) is 16.5 Å². The molecule has 0 radical (unpaired) electrons. The molecule has 0 spiro atoms. The van der Waals surface area contributed by atoms with Gasteiger partial charge in [0, 0.05) is 23.6 Å². The number of ether oxygens (including phenoxy) is 2. The number of methoxy groups -OCH3 is 2. The molecule has 3 rings (SSSR count). The van der Waals surface area contributed by atoms with E-state index in [4.69, 9.17) is 9.47 Å². The Kier molecular flexibility index (Phi) is 8.43. The second-order valence-electron chi connectivity index (χ2n) is 7.90. The highest BCUT2D eigenvalue weighted by Crippen LogP contribution is 2.24. The van der Waals surface area contributed by atoms with Crippen LogP contribution in [0.5, 0.6) is 11.5 Å². The number of nitrogens with zero attached hydrogens (tertiary/aromatic N) is 2. The SMILES string of the molecule is CCCC[NH+](CC)CCNC(=O)c1nn(-c2cc(OC)cc(OC)c2)c(=O)c2ccccc12. The van der Waals surface area contributed by atoms with E-state index in [9.17, 15) is 9.59 Å². The Hall–Kier alpha value is -3.39. The van der Waals surface area contributed by atoms with Crippen LogP contribution in [0.1, 0.15) is 37.2 Å². The molecule has 0 bridgehead atoms. The Morgan fingerprint density at radius 2 is 1.70 bits per heavy atom. The third kappa shape index (κ3) is 5.70. The number of fused-ring (bicyclic) bond motifs is 1. The van der Waals surface area contributed by atoms with Crippen molar-refractivity contribution >= 4 is 16.7 Å². The predicted molar refractivity (Wildman–Crippen MR) is 129 cm³/mol. The van der Waals surface area contributed by atoms with Gasteiger partial charge < -0.3 is 19.7 Å². The van der Waals surface area contributed by atoms with Crippen molar-refractivity contribution in [2.75, 3.05) is 40.4 Å². The number of benzene rings is 2. The fourth-order valence-corrected chi connectivity index (χ4v) is 3.79. The van der Waals surface area contributed by atoms with E-state index in [-0.39, 0.29) is 17.2 Å². The van der Waals surface area contributed by atoms with Gasteiger partial charge in [0.25, 0.3) is 11.5 Å². The fourth-order valence-electron chi connectivity index (χ4n) is 3.79. The predicted octanol–water partition coefficient (Wildman–Crippen LogP) is 1.84. The summed E-state index contributed by atoms with van der Waals surface area (Å²) in [5.74, 6) is 0.736. The molecule has 0 aliphatic carbocycles. The van der Waals surface area contributed by atoms with Crippen LogP contribution in [0.4, 0.5) is 0 Å². The van der Waals surface area contributed by atoms with E-state index in [2.05, 4.69) is 24.3 Å². The lowest BCUT2D eigenvalue weighted by Crippen LogP contribution is -3.12. The molecular weight excluding hydrogens is 420 g/mol. The first kappa shape index (κ1) is 24.3. The van der Waals surface area contributed by atoms with Crippen LogP contribution in [0.15, 0.2) is 47.3 Å². The van der Waals surface area contributed by atoms with Crippen LogP contribution < -0.4 is 25.2 Å². The summed E-state index contributed by atoms with van der Waals surface area (Å²) in [6.07, 6.45) is 2.32. The average Bonchev–Trinajstić information content (AvgIpc) is 2.85. The van der Waals surface area contributed by atoms with Crippen LogP contribution >= 0.6 is 0 Å². The number of nitrogens with one attached hydrogen (secondary N) is 2. The summed E-state index contributed by atoms with van der Waals surface area (Å²) in [6.45, 7) is 7.81. The summed E-state index contributed by atoms with van der Waals surface area (Å²) in [6, 6.07) is 12.1. The number of carbonyl (C=O) groups excluding carboxylic acids is 1. The number of hydrogen-bond donors (Lipinski definition) is 2. The zero-order chi connectivity index (χ0) is 23.8. The van der Waals surface area contributed by atoms with Crippen molar-refractivity contribution in [3.05, 3.63) is 58.5 Å². The first-order chi connectivity index (χ1) is 16.0. The molecule has 1 amide bonds. The molecule has 1 aromatic heterocycles. The third-order valence-corrected chi connectivity index (χ3v) is 5.75. The van der Waals surface area contributed by atoms with E-state index >= 15 is 0 Å². The van der Waals surface area contributed by atoms with Crippen molar-refractivity contribution in [1.29, 1.82) is 0 Å². The molecule has 1 unspecified atom stereocenters. The second kappa shape index (κ2) is 11.5. The summed E-state index contributed by atoms with van der Waals surface area (Å²) in [7, 11) is 3.08. The topological polar surface area (TPSA) is 86.9 Å². The highest BCUT2D eigenvalue weighted by molar-refractivity contribution is 6.04. The molecule has 3 aromatic rings. The Balaban J connectivity index is 1.97. The molecule has 2 N–H and O–H groups in total. The number of hydrogen-bond acceptors (Lipinski definition) is 5. The molecule has 0 aliphatic heterocycles. The first-order valence-corrected chi connectivity index (χ1v) is 11.4. The van der Waals surface area contributed by atoms with E-state index < -0.39 is 0 Å². The van der Waals surface area contributed by atoms with Gasteiger partial charge in [0.15, 0.2) is 5.69 Å². The number of quaternary nitrogens is 1. The van der Waals surface area contributed by atoms with Gasteiger partial charge in [-0.2, -0.15) is 9.78 Å². The van der Waals surface area contributed by atoms with Crippen LogP contribution in [0.3, 0.4) is 0 Å². The van der Waals surface area contributed by atoms with Crippen molar-refractivity contribution in [2.24, 2.45) is 0 Å². The molecule has 8 heteroatoms. The minimum Gasteiger partial charge on any atom is -0.497 e. The Bertz CT molecular complexity index is 1140. The zero-order valence-electron chi connectivity index (χ0n) is 19.8. The van der Waals surface area contributed by atoms with Crippen molar-refractivity contribution < 1.29 is 19.2 Å². The molecule has 2 aromatic carbocycles. The maximum atomic E-state index is 13.2. The molecular formula is C25H33N4O4+. The average molecular weight is 454 g/mol. The molecule has 8 nitrogen and oxygen atoms in total. The van der Waals surface area contributed by atoms with Crippen LogP contribution in [0, 0.1) is 0 Å². The third-order valence-electron chi connectivity index (χ3n) is 5.75. The van der Waals surface area contributed by atoms with Crippen LogP contribution in [0.2, 0.25) is 0 Å². The molecule has 1 atom stereocenters. The first-order valence-electron chi connectivity index (χ1n) is 11.4. The highest BCUT2D eigenvalue weighted by atomic mass is 16.5. The summed E-state index contributed by atoms with van der Waals surface area (Å²) in [5.41, 5.74) is 0.342. The van der Waals surface area contributed by atoms with Crippen molar-refractivity contribution in [3.63, 3.8) is 0 Å². The van der Waals surface area contributed by atoms with Gasteiger partial charge in [0.05, 0.1) is 51.5 Å². The van der Waals surface area contributed by atoms with Crippen molar-refractivity contribution in [1.82, 2.24) is 15.1 Å². The zero-order valence-corrected chi connectivity index (χ0v) is 19.8. The highest BCUT2D eigenvalue weighted by Gasteiger charge is 2.18. The van der Waals surface area contributed by atoms with Crippen LogP contribution in [-0.2, 0) is 0 Å². The molecule has 176 valence electrons. The second-order valence-corrected chi connectivity index (χ2v) is 7.90. The molecule has 0 saturated heterocycles. The maximum absolute atomic E-state index is 13.2. The van der Waals surface area contributed by atoms with Gasteiger partial charge in [0.2, 0.25) is 0 Å². The van der Waals surface area contributed by atoms with E-state index in [0.717, 1.165) is 32.5 Å². The fraction of sp³-hybridized carbons (Fsp3) is 0.400. The lowest BCUT2D eigenvalue weighted by atomic mass is 10.1. The summed E-state index contributed by atoms with van der Waals surface area (Å²) in [4.78, 5) is 27.8. The van der Waals surface area contributed by atoms with E-state index in [1.54, 1.807) is 42.5 Å². The molecule has 0 saturated carbocycles. The van der Waals surface area contributed by atoms with Gasteiger partial charge in [-0.25, -0.2) is 0 Å². The summed E-state index contributed by atoms with van der Waals surface area (Å²) in [5, 5.41) is 8.40. The van der Waals surface area contributed by atoms with Gasteiger partial charge in [-0.3, -0.25) is 9.59 Å². The monoisotopic (exact) mass is 453 g/mol. The van der Waals surface area contributed by atoms with Crippen molar-refractivity contribution in [3.8, 4) is 17.2 Å². The minimum atomic E-state index is -0.321. The van der Waals surface area contributed by atoms with E-state index in [1.165, 1.54) is 23.8 Å². The standard InChI is InChI=1S/C25H32N4O4/c1-5-7-13-28(6-2)14-12-26-24(30)23-21-10-8-9-11-22(21)25(31)29(27-23)18-15-19(32-3)17-20(16-18)33-4/h8-11,15-17H,5-7,12-14H2,1-4H3,(H,26,30)/p+1. The Labute approximate surface area is 194 Å². The van der Waals surface area contributed by atoms with Gasteiger partial charge in [0.1, 0.15) is 11.5 Å². The number of amides is 1. The van der Waals surface area contributed by atoms with E-state index in [1.807, 2.05) is 0 Å². The maximum Gasteiger partial charge on any atom is 0.279 e. The molecule has 0 aliphatic rings. The van der Waals surface area contributed by atoms with E-state index in [0.29, 0.717) is 34.5 Å². The Morgan fingerprint density at radius 3 is 2.30 bits per heavy atom. The molecule has 0 fully saturated rings. The van der Waals surface area contributed by atoms with Gasteiger partial charge in [-0.15, -0.1) is 0 Å². The molecule has 33 heavy (non-hydrogen) atoms. The summed E-state index contributed by atoms with van der Waals surface area (Å²) >= 11 is 0. The number of rotatable bonds is 11. The number of aromatic nitrogens is 2. The van der Waals surface area contributed by atoms with Crippen LogP contribution in [-0.4, -0.2) is 56.1 Å². The summed E-state index contributed by atoms with van der Waals surface area (Å²) < 4.78 is 11.9. The number of carbonyl (C=O) groups is 1. The Morgan fingerprint density at radius 1 is 1.03 bits per heavy atom. The number of unbranched alkanes of at least 4 members (excludes halogenated alkanes) is 1. The quantitative estimate of drug-likeness (QED) is 0.463. The minimum absolute atomic E-state index is 0.207. The van der Waals surface area contributed by atoms with Crippen molar-refractivity contribution in [2.45, 2.75) is 26.7 Å². The normalized spacial score (nSPS) is 11.9. The molecule has 1 heterocycles. The van der Waals surface area contributed by atoms with Gasteiger partial charge in [-0.05, 0) is 19.4 Å². The van der Waals surface area contributed by atoms with Gasteiger partial charge >= 0.3 is 0 Å². The smallest absolute Gasteiger partial charge is 0.279 e. The largest absolute Gasteiger partial charge is 0.497 e. The van der Waals surface area contributed by atoms with Gasteiger partial charge in [-0.1, -0.05) is 31.5 Å². The number of likely N-dealkylation sites (N-methyl/N-ethyl adjacent to an activating group) is 1. The lowest BCUT2D eigenvalue weighted by molar-refractivity contribution is -0.897. The lowest BCUT2D eigenvalue weighted by Gasteiger charge is -2.18.